The zero-order chi connectivity index (χ0) is 13.8. The maximum Gasteiger partial charge on any atom is 0.326 e. The summed E-state index contributed by atoms with van der Waals surface area (Å²) < 4.78 is 0. The fourth-order valence-corrected chi connectivity index (χ4v) is 2.91. The summed E-state index contributed by atoms with van der Waals surface area (Å²) in [6.45, 7) is 0.769. The molecule has 0 spiro atoms. The Morgan fingerprint density at radius 2 is 2.26 bits per heavy atom. The van der Waals surface area contributed by atoms with Crippen LogP contribution in [0.15, 0.2) is 5.38 Å². The Morgan fingerprint density at radius 3 is 2.89 bits per heavy atom. The molecule has 1 fully saturated rings. The number of carboxylic acids is 1. The van der Waals surface area contributed by atoms with E-state index in [4.69, 9.17) is 5.73 Å². The van der Waals surface area contributed by atoms with E-state index in [1.165, 1.54) is 16.2 Å². The average Bonchev–Trinajstić information content (AvgIpc) is 2.74. The minimum absolute atomic E-state index is 0.292. The second kappa shape index (κ2) is 6.12. The first-order valence-corrected chi connectivity index (χ1v) is 7.19. The van der Waals surface area contributed by atoms with Crippen LogP contribution >= 0.6 is 11.3 Å². The van der Waals surface area contributed by atoms with Crippen molar-refractivity contribution in [3.05, 3.63) is 16.1 Å². The van der Waals surface area contributed by atoms with E-state index in [9.17, 15) is 14.7 Å². The zero-order valence-corrected chi connectivity index (χ0v) is 11.4. The number of likely N-dealkylation sites (tertiary alicyclic amines) is 1. The van der Waals surface area contributed by atoms with Crippen LogP contribution in [0.25, 0.3) is 0 Å². The van der Waals surface area contributed by atoms with Gasteiger partial charge in [0.2, 0.25) is 0 Å². The van der Waals surface area contributed by atoms with Gasteiger partial charge in [-0.1, -0.05) is 12.8 Å². The first-order valence-electron chi connectivity index (χ1n) is 6.31. The van der Waals surface area contributed by atoms with Gasteiger partial charge < -0.3 is 15.7 Å². The van der Waals surface area contributed by atoms with Gasteiger partial charge in [-0.25, -0.2) is 9.78 Å². The molecule has 0 radical (unpaired) electrons. The summed E-state index contributed by atoms with van der Waals surface area (Å²) in [5.74, 6) is -1.24. The molecule has 6 nitrogen and oxygen atoms in total. The Bertz CT molecular complexity index is 475. The third kappa shape index (κ3) is 3.10. The van der Waals surface area contributed by atoms with E-state index in [1.807, 2.05) is 0 Å². The molecule has 1 aliphatic heterocycles. The van der Waals surface area contributed by atoms with Crippen molar-refractivity contribution in [2.24, 2.45) is 5.73 Å². The SMILES string of the molecule is NCc1nc(C(=O)N2CCCCCC2C(=O)O)cs1. The number of nitrogens with two attached hydrogens (primary N) is 1. The minimum Gasteiger partial charge on any atom is -0.480 e. The summed E-state index contributed by atoms with van der Waals surface area (Å²) in [6, 6.07) is -0.738. The number of rotatable bonds is 3. The molecule has 3 N–H and O–H groups in total. The summed E-state index contributed by atoms with van der Waals surface area (Å²) in [5.41, 5.74) is 5.78. The van der Waals surface area contributed by atoms with Gasteiger partial charge in [-0.3, -0.25) is 4.79 Å². The Kier molecular flexibility index (Phi) is 4.49. The molecule has 0 aromatic carbocycles. The van der Waals surface area contributed by atoms with Crippen molar-refractivity contribution in [1.29, 1.82) is 0 Å². The number of hydrogen-bond acceptors (Lipinski definition) is 5. The van der Waals surface area contributed by atoms with Crippen molar-refractivity contribution in [3.63, 3.8) is 0 Å². The highest BCUT2D eigenvalue weighted by Crippen LogP contribution is 2.20. The second-order valence-electron chi connectivity index (χ2n) is 4.53. The van der Waals surface area contributed by atoms with Crippen LogP contribution in [-0.2, 0) is 11.3 Å². The maximum atomic E-state index is 12.4. The van der Waals surface area contributed by atoms with Crippen molar-refractivity contribution < 1.29 is 14.7 Å². The molecule has 1 aromatic heterocycles. The van der Waals surface area contributed by atoms with Crippen LogP contribution < -0.4 is 5.73 Å². The highest BCUT2D eigenvalue weighted by molar-refractivity contribution is 7.09. The lowest BCUT2D eigenvalue weighted by Gasteiger charge is -2.26. The summed E-state index contributed by atoms with van der Waals surface area (Å²) in [6.07, 6.45) is 3.14. The molecular weight excluding hydrogens is 266 g/mol. The number of hydrogen-bond donors (Lipinski definition) is 2. The first kappa shape index (κ1) is 14.0. The molecule has 1 unspecified atom stereocenters. The number of amides is 1. The monoisotopic (exact) mass is 283 g/mol. The molecular formula is C12H17N3O3S. The van der Waals surface area contributed by atoms with E-state index in [-0.39, 0.29) is 5.91 Å². The third-order valence-electron chi connectivity index (χ3n) is 3.24. The summed E-state index contributed by atoms with van der Waals surface area (Å²) in [5, 5.41) is 11.6. The number of carbonyl (C=O) groups is 2. The van der Waals surface area contributed by atoms with Crippen LogP contribution in [0.5, 0.6) is 0 Å². The Morgan fingerprint density at radius 1 is 1.47 bits per heavy atom. The molecule has 2 heterocycles. The van der Waals surface area contributed by atoms with Crippen molar-refractivity contribution >= 4 is 23.2 Å². The minimum atomic E-state index is -0.940. The van der Waals surface area contributed by atoms with Crippen LogP contribution in [0, 0.1) is 0 Å². The highest BCUT2D eigenvalue weighted by Gasteiger charge is 2.32. The number of thiazole rings is 1. The first-order chi connectivity index (χ1) is 9.13. The number of aliphatic carboxylic acids is 1. The van der Waals surface area contributed by atoms with E-state index in [0.29, 0.717) is 30.2 Å². The Labute approximate surface area is 115 Å². The van der Waals surface area contributed by atoms with Crippen molar-refractivity contribution in [2.45, 2.75) is 38.3 Å². The molecule has 1 atom stereocenters. The van der Waals surface area contributed by atoms with Gasteiger partial charge in [0.05, 0.1) is 0 Å². The molecule has 0 saturated carbocycles. The molecule has 19 heavy (non-hydrogen) atoms. The normalized spacial score (nSPS) is 20.1. The summed E-state index contributed by atoms with van der Waals surface area (Å²) in [7, 11) is 0. The van der Waals surface area contributed by atoms with Crippen LogP contribution in [0.2, 0.25) is 0 Å². The number of carboxylic acid groups (broad SMARTS) is 1. The van der Waals surface area contributed by atoms with E-state index in [1.54, 1.807) is 5.38 Å². The van der Waals surface area contributed by atoms with Crippen molar-refractivity contribution in [1.82, 2.24) is 9.88 Å². The number of carbonyl (C=O) groups excluding carboxylic acids is 1. The van der Waals surface area contributed by atoms with Crippen LogP contribution in [0.1, 0.15) is 41.2 Å². The molecule has 1 aromatic rings. The van der Waals surface area contributed by atoms with Gasteiger partial charge in [-0.05, 0) is 12.8 Å². The molecule has 0 bridgehead atoms. The van der Waals surface area contributed by atoms with Gasteiger partial charge in [0.25, 0.3) is 5.91 Å². The predicted molar refractivity (Wildman–Crippen MR) is 70.9 cm³/mol. The fraction of sp³-hybridized carbons (Fsp3) is 0.583. The van der Waals surface area contributed by atoms with Gasteiger partial charge in [0.1, 0.15) is 16.7 Å². The van der Waals surface area contributed by atoms with Crippen LogP contribution in [0.3, 0.4) is 0 Å². The Hall–Kier alpha value is -1.47. The topological polar surface area (TPSA) is 96.5 Å². The van der Waals surface area contributed by atoms with E-state index in [2.05, 4.69) is 4.98 Å². The highest BCUT2D eigenvalue weighted by atomic mass is 32.1. The third-order valence-corrected chi connectivity index (χ3v) is 4.12. The largest absolute Gasteiger partial charge is 0.480 e. The number of aromatic nitrogens is 1. The van der Waals surface area contributed by atoms with E-state index >= 15 is 0 Å². The molecule has 1 saturated heterocycles. The predicted octanol–water partition coefficient (Wildman–Crippen LogP) is 1.07. The van der Waals surface area contributed by atoms with E-state index in [0.717, 1.165) is 19.3 Å². The molecule has 2 rings (SSSR count). The molecule has 0 aliphatic carbocycles. The van der Waals surface area contributed by atoms with Crippen molar-refractivity contribution in [2.75, 3.05) is 6.54 Å². The standard InChI is InChI=1S/C12H17N3O3S/c13-6-10-14-8(7-19-10)11(16)15-5-3-1-2-4-9(15)12(17)18/h7,9H,1-6,13H2,(H,17,18). The maximum absolute atomic E-state index is 12.4. The van der Waals surface area contributed by atoms with Gasteiger partial charge in [-0.2, -0.15) is 0 Å². The quantitative estimate of drug-likeness (QED) is 0.865. The van der Waals surface area contributed by atoms with Gasteiger partial charge in [0.15, 0.2) is 0 Å². The zero-order valence-electron chi connectivity index (χ0n) is 10.5. The van der Waals surface area contributed by atoms with Gasteiger partial charge in [0, 0.05) is 18.5 Å². The second-order valence-corrected chi connectivity index (χ2v) is 5.48. The van der Waals surface area contributed by atoms with Crippen LogP contribution in [-0.4, -0.2) is 39.5 Å². The molecule has 1 aliphatic rings. The average molecular weight is 283 g/mol. The molecule has 7 heteroatoms. The molecule has 1 amide bonds. The van der Waals surface area contributed by atoms with Gasteiger partial charge >= 0.3 is 5.97 Å². The molecule has 104 valence electrons. The van der Waals surface area contributed by atoms with Crippen LogP contribution in [0.4, 0.5) is 0 Å². The van der Waals surface area contributed by atoms with Gasteiger partial charge in [-0.15, -0.1) is 11.3 Å². The smallest absolute Gasteiger partial charge is 0.326 e. The summed E-state index contributed by atoms with van der Waals surface area (Å²) >= 11 is 1.33. The summed E-state index contributed by atoms with van der Waals surface area (Å²) in [4.78, 5) is 29.2. The lowest BCUT2D eigenvalue weighted by atomic mass is 10.1. The lowest BCUT2D eigenvalue weighted by Crippen LogP contribution is -2.44. The Balaban J connectivity index is 2.20. The number of nitrogens with zero attached hydrogens (tertiary/aromatic N) is 2. The lowest BCUT2D eigenvalue weighted by molar-refractivity contribution is -0.142. The van der Waals surface area contributed by atoms with E-state index < -0.39 is 12.0 Å². The van der Waals surface area contributed by atoms with Crippen molar-refractivity contribution in [3.8, 4) is 0 Å². The fourth-order valence-electron chi connectivity index (χ4n) is 2.26.